The highest BCUT2D eigenvalue weighted by molar-refractivity contribution is 5.13. The molecule has 2 aliphatic rings. The highest BCUT2D eigenvalue weighted by Gasteiger charge is 2.64. The van der Waals surface area contributed by atoms with Gasteiger partial charge in [-0.1, -0.05) is 34.6 Å². The van der Waals surface area contributed by atoms with E-state index < -0.39 is 0 Å². The van der Waals surface area contributed by atoms with Crippen LogP contribution in [0.3, 0.4) is 0 Å². The summed E-state index contributed by atoms with van der Waals surface area (Å²) in [5.74, 6) is 0.889. The van der Waals surface area contributed by atoms with E-state index in [1.807, 2.05) is 0 Å². The monoisotopic (exact) mass is 224 g/mol. The Morgan fingerprint density at radius 3 is 2.31 bits per heavy atom. The van der Waals surface area contributed by atoms with Crippen LogP contribution < -0.4 is 5.32 Å². The molecule has 1 saturated carbocycles. The van der Waals surface area contributed by atoms with Gasteiger partial charge < -0.3 is 10.2 Å². The van der Waals surface area contributed by atoms with E-state index in [2.05, 4.69) is 44.8 Å². The van der Waals surface area contributed by atoms with Gasteiger partial charge in [-0.2, -0.15) is 0 Å². The third kappa shape index (κ3) is 1.91. The van der Waals surface area contributed by atoms with Crippen molar-refractivity contribution in [2.45, 2.75) is 47.1 Å². The summed E-state index contributed by atoms with van der Waals surface area (Å²) in [5, 5.41) is 3.57. The largest absolute Gasteiger partial charge is 0.313 e. The van der Waals surface area contributed by atoms with Crippen molar-refractivity contribution in [1.82, 2.24) is 10.2 Å². The van der Waals surface area contributed by atoms with Gasteiger partial charge in [0.15, 0.2) is 0 Å². The van der Waals surface area contributed by atoms with Crippen LogP contribution in [0, 0.1) is 16.7 Å². The van der Waals surface area contributed by atoms with Gasteiger partial charge in [0, 0.05) is 19.1 Å². The average molecular weight is 224 g/mol. The molecule has 1 heterocycles. The molecule has 0 aromatic carbocycles. The van der Waals surface area contributed by atoms with Gasteiger partial charge in [-0.05, 0) is 36.3 Å². The third-order valence-corrected chi connectivity index (χ3v) is 5.53. The molecule has 94 valence electrons. The Balaban J connectivity index is 1.81. The summed E-state index contributed by atoms with van der Waals surface area (Å²) < 4.78 is 0. The van der Waals surface area contributed by atoms with Crippen molar-refractivity contribution in [1.29, 1.82) is 0 Å². The number of nitrogens with zero attached hydrogens (tertiary/aromatic N) is 1. The first-order valence-corrected chi connectivity index (χ1v) is 6.85. The Morgan fingerprint density at radius 2 is 1.81 bits per heavy atom. The minimum atomic E-state index is 0.545. The van der Waals surface area contributed by atoms with E-state index in [0.29, 0.717) is 10.8 Å². The average Bonchev–Trinajstić information content (AvgIpc) is 2.58. The van der Waals surface area contributed by atoms with Crippen molar-refractivity contribution in [3.05, 3.63) is 0 Å². The van der Waals surface area contributed by atoms with Gasteiger partial charge in [-0.25, -0.2) is 0 Å². The van der Waals surface area contributed by atoms with Crippen LogP contribution in [0.15, 0.2) is 0 Å². The first-order valence-electron chi connectivity index (χ1n) is 6.85. The van der Waals surface area contributed by atoms with Crippen LogP contribution in [0.25, 0.3) is 0 Å². The fraction of sp³-hybridized carbons (Fsp3) is 1.00. The molecule has 2 rings (SSSR count). The lowest BCUT2D eigenvalue weighted by atomic mass is 10.0. The van der Waals surface area contributed by atoms with Crippen LogP contribution in [0.5, 0.6) is 0 Å². The summed E-state index contributed by atoms with van der Waals surface area (Å²) in [5.41, 5.74) is 1.09. The standard InChI is InChI=1S/C14H28N2/c1-6-15-11-7-8-16(9-11)10-12-13(2,3)14(12,4)5/h11-12,15H,6-10H2,1-5H3. The Bertz CT molecular complexity index is 243. The second-order valence-corrected chi connectivity index (χ2v) is 6.80. The fourth-order valence-corrected chi connectivity index (χ4v) is 3.50. The molecule has 1 atom stereocenters. The molecule has 0 amide bonds. The molecular formula is C14H28N2. The van der Waals surface area contributed by atoms with Crippen molar-refractivity contribution in [3.8, 4) is 0 Å². The maximum Gasteiger partial charge on any atom is 0.0207 e. The maximum absolute atomic E-state index is 3.57. The highest BCUT2D eigenvalue weighted by atomic mass is 15.2. The van der Waals surface area contributed by atoms with E-state index in [1.54, 1.807) is 0 Å². The zero-order chi connectivity index (χ0) is 12.0. The van der Waals surface area contributed by atoms with Gasteiger partial charge >= 0.3 is 0 Å². The van der Waals surface area contributed by atoms with Crippen molar-refractivity contribution in [3.63, 3.8) is 0 Å². The number of hydrogen-bond acceptors (Lipinski definition) is 2. The van der Waals surface area contributed by atoms with Gasteiger partial charge in [-0.3, -0.25) is 0 Å². The van der Waals surface area contributed by atoms with Crippen molar-refractivity contribution in [2.75, 3.05) is 26.2 Å². The predicted molar refractivity (Wildman–Crippen MR) is 69.6 cm³/mol. The van der Waals surface area contributed by atoms with Crippen LogP contribution >= 0.6 is 0 Å². The quantitative estimate of drug-likeness (QED) is 0.788. The van der Waals surface area contributed by atoms with Crippen LogP contribution in [-0.2, 0) is 0 Å². The molecule has 0 aromatic rings. The van der Waals surface area contributed by atoms with Gasteiger partial charge in [0.1, 0.15) is 0 Å². The van der Waals surface area contributed by atoms with Gasteiger partial charge in [0.05, 0.1) is 0 Å². The number of hydrogen-bond donors (Lipinski definition) is 1. The van der Waals surface area contributed by atoms with E-state index in [1.165, 1.54) is 26.1 Å². The zero-order valence-corrected chi connectivity index (χ0v) is 11.6. The highest BCUT2D eigenvalue weighted by Crippen LogP contribution is 2.68. The molecule has 2 heteroatoms. The topological polar surface area (TPSA) is 15.3 Å². The second kappa shape index (κ2) is 3.99. The first kappa shape index (κ1) is 12.4. The third-order valence-electron chi connectivity index (χ3n) is 5.53. The molecule has 2 fully saturated rings. The van der Waals surface area contributed by atoms with E-state index in [-0.39, 0.29) is 0 Å². The normalized spacial score (nSPS) is 33.2. The number of likely N-dealkylation sites (N-methyl/N-ethyl adjacent to an activating group) is 1. The van der Waals surface area contributed by atoms with Crippen LogP contribution in [0.1, 0.15) is 41.0 Å². The molecule has 0 aromatic heterocycles. The van der Waals surface area contributed by atoms with Crippen LogP contribution in [0.4, 0.5) is 0 Å². The summed E-state index contributed by atoms with van der Waals surface area (Å²) in [6.45, 7) is 16.9. The Labute approximate surface area is 101 Å². The lowest BCUT2D eigenvalue weighted by Gasteiger charge is -2.17. The Morgan fingerprint density at radius 1 is 1.19 bits per heavy atom. The number of nitrogens with one attached hydrogen (secondary N) is 1. The van der Waals surface area contributed by atoms with Gasteiger partial charge in [-0.15, -0.1) is 0 Å². The zero-order valence-electron chi connectivity index (χ0n) is 11.6. The van der Waals surface area contributed by atoms with E-state index >= 15 is 0 Å². The maximum atomic E-state index is 3.57. The Kier molecular flexibility index (Phi) is 3.09. The van der Waals surface area contributed by atoms with Crippen molar-refractivity contribution in [2.24, 2.45) is 16.7 Å². The molecule has 16 heavy (non-hydrogen) atoms. The molecule has 1 unspecified atom stereocenters. The molecule has 1 aliphatic carbocycles. The predicted octanol–water partition coefficient (Wildman–Crippen LogP) is 2.35. The Hall–Kier alpha value is -0.0800. The van der Waals surface area contributed by atoms with Crippen molar-refractivity contribution >= 4 is 0 Å². The SMILES string of the molecule is CCNC1CCN(CC2C(C)(C)C2(C)C)C1. The van der Waals surface area contributed by atoms with Crippen LogP contribution in [0.2, 0.25) is 0 Å². The smallest absolute Gasteiger partial charge is 0.0207 e. The molecular weight excluding hydrogens is 196 g/mol. The molecule has 2 nitrogen and oxygen atoms in total. The minimum absolute atomic E-state index is 0.545. The molecule has 1 N–H and O–H groups in total. The molecule has 1 saturated heterocycles. The summed E-state index contributed by atoms with van der Waals surface area (Å²) in [6, 6.07) is 0.745. The number of rotatable bonds is 4. The summed E-state index contributed by atoms with van der Waals surface area (Å²) >= 11 is 0. The van der Waals surface area contributed by atoms with E-state index in [4.69, 9.17) is 0 Å². The van der Waals surface area contributed by atoms with Crippen LogP contribution in [-0.4, -0.2) is 37.1 Å². The molecule has 0 bridgehead atoms. The molecule has 1 aliphatic heterocycles. The first-order chi connectivity index (χ1) is 7.39. The molecule has 0 spiro atoms. The number of likely N-dealkylation sites (tertiary alicyclic amines) is 1. The fourth-order valence-electron chi connectivity index (χ4n) is 3.50. The van der Waals surface area contributed by atoms with Crippen molar-refractivity contribution < 1.29 is 0 Å². The summed E-state index contributed by atoms with van der Waals surface area (Å²) in [4.78, 5) is 2.66. The lowest BCUT2D eigenvalue weighted by Crippen LogP contribution is -2.33. The molecule has 0 radical (unpaired) electrons. The summed E-state index contributed by atoms with van der Waals surface area (Å²) in [7, 11) is 0. The van der Waals surface area contributed by atoms with E-state index in [0.717, 1.165) is 18.5 Å². The van der Waals surface area contributed by atoms with Gasteiger partial charge in [0.2, 0.25) is 0 Å². The van der Waals surface area contributed by atoms with Gasteiger partial charge in [0.25, 0.3) is 0 Å². The minimum Gasteiger partial charge on any atom is -0.313 e. The lowest BCUT2D eigenvalue weighted by molar-refractivity contribution is 0.292. The summed E-state index contributed by atoms with van der Waals surface area (Å²) in [6.07, 6.45) is 1.33. The van der Waals surface area contributed by atoms with E-state index in [9.17, 15) is 0 Å². The second-order valence-electron chi connectivity index (χ2n) is 6.80.